The van der Waals surface area contributed by atoms with Crippen LogP contribution in [0.4, 0.5) is 0 Å². The summed E-state index contributed by atoms with van der Waals surface area (Å²) in [6, 6.07) is 9.38. The number of halogens is 1. The fourth-order valence-electron chi connectivity index (χ4n) is 3.04. The highest BCUT2D eigenvalue weighted by molar-refractivity contribution is 9.11. The van der Waals surface area contributed by atoms with Gasteiger partial charge in [-0.05, 0) is 33.6 Å². The van der Waals surface area contributed by atoms with Crippen molar-refractivity contribution in [1.29, 1.82) is 0 Å². The summed E-state index contributed by atoms with van der Waals surface area (Å²) in [5, 5.41) is 0. The smallest absolute Gasteiger partial charge is 0.255 e. The molecule has 20 heavy (non-hydrogen) atoms. The number of hydrogen-bond donors (Lipinski definition) is 0. The van der Waals surface area contributed by atoms with Crippen molar-refractivity contribution in [3.63, 3.8) is 0 Å². The third kappa shape index (κ3) is 1.63. The summed E-state index contributed by atoms with van der Waals surface area (Å²) >= 11 is 4.96. The fraction of sp³-hybridized carbons (Fsp3) is 0.200. The topological polar surface area (TPSA) is 37.4 Å². The number of carbonyl (C=O) groups is 2. The Hall–Kier alpha value is -1.46. The molecule has 0 saturated heterocycles. The van der Waals surface area contributed by atoms with Crippen LogP contribution >= 0.6 is 27.3 Å². The van der Waals surface area contributed by atoms with Gasteiger partial charge in [0, 0.05) is 22.4 Å². The van der Waals surface area contributed by atoms with Gasteiger partial charge in [0.2, 0.25) is 0 Å². The summed E-state index contributed by atoms with van der Waals surface area (Å²) in [7, 11) is 0. The summed E-state index contributed by atoms with van der Waals surface area (Å²) in [5.74, 6) is 0.162. The standard InChI is InChI=1S/C15H10BrNO2S/c16-14-5-10-12(18)6-11-8-3-1-2-4-9(8)15(19)17(11)7-13(10)20-14/h1-5,11H,6-7H2. The van der Waals surface area contributed by atoms with Crippen LogP contribution in [-0.4, -0.2) is 16.6 Å². The maximum absolute atomic E-state index is 12.5. The molecule has 100 valence electrons. The van der Waals surface area contributed by atoms with Crippen molar-refractivity contribution < 1.29 is 9.59 Å². The van der Waals surface area contributed by atoms with E-state index >= 15 is 0 Å². The van der Waals surface area contributed by atoms with E-state index in [0.29, 0.717) is 13.0 Å². The maximum atomic E-state index is 12.5. The Labute approximate surface area is 128 Å². The molecule has 1 aromatic heterocycles. The van der Waals surface area contributed by atoms with Gasteiger partial charge in [0.25, 0.3) is 5.91 Å². The molecule has 0 spiro atoms. The fourth-order valence-corrected chi connectivity index (χ4v) is 4.75. The summed E-state index contributed by atoms with van der Waals surface area (Å²) < 4.78 is 0.943. The summed E-state index contributed by atoms with van der Waals surface area (Å²) in [4.78, 5) is 27.7. The largest absolute Gasteiger partial charge is 0.326 e. The SMILES string of the molecule is O=C1CC2c3ccccc3C(=O)N2Cc2sc(Br)cc21. The Kier molecular flexibility index (Phi) is 2.62. The third-order valence-corrected chi connectivity index (χ3v) is 5.58. The lowest BCUT2D eigenvalue weighted by Crippen LogP contribution is -2.26. The number of hydrogen-bond acceptors (Lipinski definition) is 3. The predicted molar refractivity (Wildman–Crippen MR) is 80.0 cm³/mol. The minimum absolute atomic E-state index is 0.0378. The lowest BCUT2D eigenvalue weighted by molar-refractivity contribution is 0.0701. The highest BCUT2D eigenvalue weighted by atomic mass is 79.9. The normalized spacial score (nSPS) is 20.4. The van der Waals surface area contributed by atoms with Gasteiger partial charge in [0.1, 0.15) is 0 Å². The summed E-state index contributed by atoms with van der Waals surface area (Å²) in [5.41, 5.74) is 2.49. The number of carbonyl (C=O) groups excluding carboxylic acids is 2. The zero-order valence-corrected chi connectivity index (χ0v) is 12.8. The van der Waals surface area contributed by atoms with E-state index in [1.807, 2.05) is 35.2 Å². The second-order valence-electron chi connectivity index (χ2n) is 5.05. The number of amides is 1. The van der Waals surface area contributed by atoms with Crippen LogP contribution in [0.3, 0.4) is 0 Å². The van der Waals surface area contributed by atoms with E-state index in [4.69, 9.17) is 0 Å². The van der Waals surface area contributed by atoms with Crippen molar-refractivity contribution >= 4 is 39.0 Å². The van der Waals surface area contributed by atoms with E-state index in [0.717, 1.165) is 25.4 Å². The van der Waals surface area contributed by atoms with Crippen molar-refractivity contribution in [1.82, 2.24) is 4.90 Å². The molecule has 1 amide bonds. The molecule has 3 nitrogen and oxygen atoms in total. The molecule has 3 heterocycles. The van der Waals surface area contributed by atoms with E-state index in [-0.39, 0.29) is 17.7 Å². The molecular weight excluding hydrogens is 338 g/mol. The van der Waals surface area contributed by atoms with Gasteiger partial charge in [-0.2, -0.15) is 0 Å². The maximum Gasteiger partial charge on any atom is 0.255 e. The quantitative estimate of drug-likeness (QED) is 0.726. The van der Waals surface area contributed by atoms with Gasteiger partial charge in [0.15, 0.2) is 5.78 Å². The van der Waals surface area contributed by atoms with Gasteiger partial charge >= 0.3 is 0 Å². The number of fused-ring (bicyclic) bond motifs is 4. The van der Waals surface area contributed by atoms with Crippen LogP contribution in [0.15, 0.2) is 34.1 Å². The Bertz CT molecular complexity index is 752. The number of nitrogens with zero attached hydrogens (tertiary/aromatic N) is 1. The Balaban J connectivity index is 1.84. The highest BCUT2D eigenvalue weighted by Gasteiger charge is 2.40. The molecule has 1 aromatic carbocycles. The zero-order valence-electron chi connectivity index (χ0n) is 10.4. The van der Waals surface area contributed by atoms with Crippen LogP contribution in [0.2, 0.25) is 0 Å². The molecule has 0 fully saturated rings. The first-order valence-corrected chi connectivity index (χ1v) is 7.97. The van der Waals surface area contributed by atoms with E-state index in [2.05, 4.69) is 15.9 Å². The molecule has 1 atom stereocenters. The molecule has 2 aromatic rings. The van der Waals surface area contributed by atoms with Gasteiger partial charge in [-0.25, -0.2) is 0 Å². The van der Waals surface area contributed by atoms with Gasteiger partial charge < -0.3 is 4.90 Å². The van der Waals surface area contributed by atoms with Crippen molar-refractivity contribution in [3.8, 4) is 0 Å². The molecule has 1 unspecified atom stereocenters. The van der Waals surface area contributed by atoms with E-state index < -0.39 is 0 Å². The molecule has 4 rings (SSSR count). The van der Waals surface area contributed by atoms with Gasteiger partial charge in [-0.3, -0.25) is 9.59 Å². The van der Waals surface area contributed by atoms with Gasteiger partial charge in [0.05, 0.1) is 16.4 Å². The minimum atomic E-state index is -0.107. The predicted octanol–water partition coefficient (Wildman–Crippen LogP) is 3.79. The molecule has 0 radical (unpaired) electrons. The van der Waals surface area contributed by atoms with Crippen LogP contribution in [0.25, 0.3) is 0 Å². The average Bonchev–Trinajstić information content (AvgIpc) is 2.89. The number of Topliss-reactive ketones (excluding diaryl/α,β-unsaturated/α-hetero) is 1. The molecule has 0 saturated carbocycles. The third-order valence-electron chi connectivity index (χ3n) is 3.96. The first kappa shape index (κ1) is 12.3. The van der Waals surface area contributed by atoms with Crippen LogP contribution in [0.5, 0.6) is 0 Å². The van der Waals surface area contributed by atoms with Gasteiger partial charge in [-0.1, -0.05) is 18.2 Å². The second kappa shape index (κ2) is 4.27. The van der Waals surface area contributed by atoms with Crippen LogP contribution in [0, 0.1) is 0 Å². The van der Waals surface area contributed by atoms with Crippen LogP contribution < -0.4 is 0 Å². The first-order chi connectivity index (χ1) is 9.65. The molecule has 0 aliphatic carbocycles. The number of rotatable bonds is 0. The molecular formula is C15H10BrNO2S. The zero-order chi connectivity index (χ0) is 13.9. The average molecular weight is 348 g/mol. The monoisotopic (exact) mass is 347 g/mol. The van der Waals surface area contributed by atoms with Crippen LogP contribution in [0.1, 0.15) is 43.6 Å². The van der Waals surface area contributed by atoms with Crippen LogP contribution in [-0.2, 0) is 6.54 Å². The molecule has 2 aliphatic rings. The second-order valence-corrected chi connectivity index (χ2v) is 7.57. The van der Waals surface area contributed by atoms with E-state index in [9.17, 15) is 9.59 Å². The number of ketones is 1. The molecule has 0 bridgehead atoms. The lowest BCUT2D eigenvalue weighted by atomic mass is 9.99. The Morgan fingerprint density at radius 3 is 2.85 bits per heavy atom. The minimum Gasteiger partial charge on any atom is -0.326 e. The lowest BCUT2D eigenvalue weighted by Gasteiger charge is -2.21. The highest BCUT2D eigenvalue weighted by Crippen LogP contribution is 2.42. The Morgan fingerprint density at radius 1 is 1.20 bits per heavy atom. The van der Waals surface area contributed by atoms with Crippen molar-refractivity contribution in [3.05, 3.63) is 55.7 Å². The molecule has 0 N–H and O–H groups in total. The van der Waals surface area contributed by atoms with Gasteiger partial charge in [-0.15, -0.1) is 11.3 Å². The van der Waals surface area contributed by atoms with Crippen molar-refractivity contribution in [2.45, 2.75) is 19.0 Å². The Morgan fingerprint density at radius 2 is 2.00 bits per heavy atom. The van der Waals surface area contributed by atoms with E-state index in [1.54, 1.807) is 0 Å². The van der Waals surface area contributed by atoms with E-state index in [1.165, 1.54) is 11.3 Å². The molecule has 5 heteroatoms. The number of benzene rings is 1. The summed E-state index contributed by atoms with van der Waals surface area (Å²) in [6.45, 7) is 0.523. The van der Waals surface area contributed by atoms with Crippen molar-refractivity contribution in [2.24, 2.45) is 0 Å². The first-order valence-electron chi connectivity index (χ1n) is 6.36. The molecule has 2 aliphatic heterocycles. The van der Waals surface area contributed by atoms with Crippen molar-refractivity contribution in [2.75, 3.05) is 0 Å². The summed E-state index contributed by atoms with van der Waals surface area (Å²) in [6.07, 6.45) is 0.374. The number of thiophene rings is 1.